The lowest BCUT2D eigenvalue weighted by Gasteiger charge is -2.22. The van der Waals surface area contributed by atoms with Gasteiger partial charge in [-0.05, 0) is 43.3 Å². The molecule has 0 aromatic heterocycles. The minimum atomic E-state index is -4.63. The first-order valence-corrected chi connectivity index (χ1v) is 14.3. The van der Waals surface area contributed by atoms with E-state index in [0.29, 0.717) is 6.07 Å². The molecule has 0 aliphatic heterocycles. The zero-order valence-corrected chi connectivity index (χ0v) is 21.8. The van der Waals surface area contributed by atoms with Crippen LogP contribution >= 0.6 is 19.0 Å². The molecule has 3 aromatic rings. The highest BCUT2D eigenvalue weighted by molar-refractivity contribution is 7.92. The second-order valence-corrected chi connectivity index (χ2v) is 13.0. The topological polar surface area (TPSA) is 113 Å². The van der Waals surface area contributed by atoms with Crippen LogP contribution in [-0.2, 0) is 25.1 Å². The molecule has 0 amide bonds. The van der Waals surface area contributed by atoms with Crippen molar-refractivity contribution in [2.45, 2.75) is 30.4 Å². The Labute approximate surface area is 215 Å². The highest BCUT2D eigenvalue weighted by Crippen LogP contribution is 2.51. The van der Waals surface area contributed by atoms with Crippen molar-refractivity contribution in [1.29, 1.82) is 0 Å². The van der Waals surface area contributed by atoms with Gasteiger partial charge in [-0.15, -0.1) is 0 Å². The van der Waals surface area contributed by atoms with Crippen molar-refractivity contribution in [1.82, 2.24) is 0 Å². The van der Waals surface area contributed by atoms with Crippen LogP contribution in [0.3, 0.4) is 0 Å². The van der Waals surface area contributed by atoms with Crippen molar-refractivity contribution in [3.05, 3.63) is 87.4 Å². The summed E-state index contributed by atoms with van der Waals surface area (Å²) >= 11 is 5.92. The molecule has 0 spiro atoms. The van der Waals surface area contributed by atoms with Crippen LogP contribution in [0.25, 0.3) is 0 Å². The number of hydrogen-bond donors (Lipinski definition) is 0. The van der Waals surface area contributed by atoms with E-state index in [4.69, 9.17) is 20.9 Å². The van der Waals surface area contributed by atoms with Crippen LogP contribution in [0.1, 0.15) is 19.4 Å². The molecule has 0 bridgehead atoms. The quantitative estimate of drug-likeness (QED) is 0.156. The number of nitro benzene ring substituents is 1. The van der Waals surface area contributed by atoms with E-state index in [1.54, 1.807) is 6.07 Å². The van der Waals surface area contributed by atoms with E-state index in [9.17, 15) is 36.3 Å². The maximum Gasteiger partial charge on any atom is 0.416 e. The smallest absolute Gasteiger partial charge is 0.416 e. The van der Waals surface area contributed by atoms with Crippen LogP contribution in [-0.4, -0.2) is 24.9 Å². The number of nitro groups is 1. The summed E-state index contributed by atoms with van der Waals surface area (Å²) in [5.41, 5.74) is -3.25. The van der Waals surface area contributed by atoms with Crippen molar-refractivity contribution in [2.75, 3.05) is 6.16 Å². The first-order valence-electron chi connectivity index (χ1n) is 10.6. The second kappa shape index (κ2) is 10.8. The average Bonchev–Trinajstić information content (AvgIpc) is 2.84. The second-order valence-electron chi connectivity index (χ2n) is 7.67. The minimum Gasteiger partial charge on any atom is -0.456 e. The summed E-state index contributed by atoms with van der Waals surface area (Å²) < 4.78 is 89.5. The van der Waals surface area contributed by atoms with Crippen molar-refractivity contribution >= 4 is 39.8 Å². The lowest BCUT2D eigenvalue weighted by molar-refractivity contribution is -0.383. The highest BCUT2D eigenvalue weighted by Gasteiger charge is 2.38. The number of sulfone groups is 1. The van der Waals surface area contributed by atoms with Crippen LogP contribution in [0.2, 0.25) is 5.02 Å². The van der Waals surface area contributed by atoms with Gasteiger partial charge in [-0.25, -0.2) is 8.42 Å². The van der Waals surface area contributed by atoms with E-state index >= 15 is 0 Å². The monoisotopic (exact) mass is 577 g/mol. The zero-order valence-electron chi connectivity index (χ0n) is 19.3. The van der Waals surface area contributed by atoms with E-state index < -0.39 is 50.3 Å². The maximum atomic E-state index is 13.8. The van der Waals surface area contributed by atoms with E-state index in [1.165, 1.54) is 38.1 Å². The third kappa shape index (κ3) is 6.32. The molecule has 2 unspecified atom stereocenters. The fourth-order valence-electron chi connectivity index (χ4n) is 3.28. The summed E-state index contributed by atoms with van der Waals surface area (Å²) in [5.74, 6) is -0.333. The van der Waals surface area contributed by atoms with Crippen LogP contribution in [0, 0.1) is 10.1 Å². The summed E-state index contributed by atoms with van der Waals surface area (Å²) in [6.45, 7) is 2.57. The number of benzene rings is 3. The SMILES string of the molecule is CCP(=O)(OC(C)S(=O)(=O)c1ccccc1)c1cc(Oc2ccc(C(F)(F)F)cc2Cl)ccc1[N+](=O)[O-]. The Morgan fingerprint density at radius 3 is 2.27 bits per heavy atom. The Balaban J connectivity index is 2.01. The summed E-state index contributed by atoms with van der Waals surface area (Å²) in [7, 11) is -8.28. The van der Waals surface area contributed by atoms with E-state index in [-0.39, 0.29) is 27.6 Å². The molecule has 0 aliphatic rings. The Kier molecular flexibility index (Phi) is 8.38. The van der Waals surface area contributed by atoms with Gasteiger partial charge in [0.25, 0.3) is 5.69 Å². The highest BCUT2D eigenvalue weighted by atomic mass is 35.5. The first kappa shape index (κ1) is 28.6. The fourth-order valence-corrected chi connectivity index (χ4v) is 7.20. The lowest BCUT2D eigenvalue weighted by atomic mass is 10.2. The number of hydrogen-bond acceptors (Lipinski definition) is 7. The van der Waals surface area contributed by atoms with Gasteiger partial charge in [-0.2, -0.15) is 13.2 Å². The molecule has 0 saturated carbocycles. The molecule has 8 nitrogen and oxygen atoms in total. The van der Waals surface area contributed by atoms with Gasteiger partial charge in [-0.3, -0.25) is 14.7 Å². The summed E-state index contributed by atoms with van der Waals surface area (Å²) in [5, 5.41) is 10.9. The summed E-state index contributed by atoms with van der Waals surface area (Å²) in [6.07, 6.45) is -4.93. The molecule has 3 aromatic carbocycles. The molecule has 0 N–H and O–H groups in total. The standard InChI is InChI=1S/C23H20ClF3NO7PS/c1-3-36(31,35-15(2)37(32,33)18-7-5-4-6-8-18)22-14-17(10-11-20(22)28(29)30)34-21-12-9-16(13-19(21)24)23(25,26)27/h4-15H,3H2,1-2H3. The number of nitrogens with zero attached hydrogens (tertiary/aromatic N) is 1. The molecule has 3 rings (SSSR count). The maximum absolute atomic E-state index is 13.8. The Hall–Kier alpha value is -2.92. The van der Waals surface area contributed by atoms with Crippen molar-refractivity contribution in [3.63, 3.8) is 0 Å². The fraction of sp³-hybridized carbons (Fsp3) is 0.217. The number of ether oxygens (including phenoxy) is 1. The third-order valence-corrected chi connectivity index (χ3v) is 10.2. The molecular formula is C23H20ClF3NO7PS. The van der Waals surface area contributed by atoms with Gasteiger partial charge in [0.1, 0.15) is 16.8 Å². The number of alkyl halides is 3. The molecular weight excluding hydrogens is 558 g/mol. The molecule has 0 heterocycles. The van der Waals surface area contributed by atoms with Crippen molar-refractivity contribution in [3.8, 4) is 11.5 Å². The Morgan fingerprint density at radius 2 is 1.73 bits per heavy atom. The molecule has 198 valence electrons. The van der Waals surface area contributed by atoms with Crippen LogP contribution in [0.15, 0.2) is 71.6 Å². The molecule has 0 aliphatic carbocycles. The van der Waals surface area contributed by atoms with Crippen LogP contribution < -0.4 is 10.0 Å². The molecule has 37 heavy (non-hydrogen) atoms. The molecule has 14 heteroatoms. The summed E-state index contributed by atoms with van der Waals surface area (Å²) in [4.78, 5) is 10.8. The lowest BCUT2D eigenvalue weighted by Crippen LogP contribution is -2.24. The van der Waals surface area contributed by atoms with Crippen molar-refractivity contribution < 1.29 is 40.3 Å². The molecule has 0 fully saturated rings. The van der Waals surface area contributed by atoms with E-state index in [0.717, 1.165) is 30.3 Å². The van der Waals surface area contributed by atoms with Gasteiger partial charge in [0.2, 0.25) is 17.2 Å². The van der Waals surface area contributed by atoms with Gasteiger partial charge in [0.05, 0.1) is 20.4 Å². The summed E-state index contributed by atoms with van der Waals surface area (Å²) in [6, 6.07) is 12.8. The predicted molar refractivity (Wildman–Crippen MR) is 132 cm³/mol. The van der Waals surface area contributed by atoms with Crippen LogP contribution in [0.4, 0.5) is 18.9 Å². The largest absolute Gasteiger partial charge is 0.456 e. The first-order chi connectivity index (χ1) is 17.2. The molecule has 0 radical (unpaired) electrons. The average molecular weight is 578 g/mol. The van der Waals surface area contributed by atoms with Gasteiger partial charge in [-0.1, -0.05) is 36.7 Å². The Bertz CT molecular complexity index is 1470. The predicted octanol–water partition coefficient (Wildman–Crippen LogP) is 6.82. The number of halogens is 4. The number of rotatable bonds is 9. The van der Waals surface area contributed by atoms with E-state index in [1.807, 2.05) is 0 Å². The van der Waals surface area contributed by atoms with Gasteiger partial charge in [0, 0.05) is 18.3 Å². The van der Waals surface area contributed by atoms with Gasteiger partial charge < -0.3 is 9.26 Å². The molecule has 2 atom stereocenters. The third-order valence-electron chi connectivity index (χ3n) is 5.24. The van der Waals surface area contributed by atoms with Crippen LogP contribution in [0.5, 0.6) is 11.5 Å². The molecule has 0 saturated heterocycles. The zero-order chi connectivity index (χ0) is 27.6. The van der Waals surface area contributed by atoms with Crippen molar-refractivity contribution in [2.24, 2.45) is 0 Å². The van der Waals surface area contributed by atoms with Gasteiger partial charge >= 0.3 is 6.18 Å². The van der Waals surface area contributed by atoms with Gasteiger partial charge in [0.15, 0.2) is 5.44 Å². The Morgan fingerprint density at radius 1 is 1.08 bits per heavy atom. The van der Waals surface area contributed by atoms with E-state index in [2.05, 4.69) is 0 Å². The minimum absolute atomic E-state index is 0.0892. The normalized spacial score (nSPS) is 14.5.